The Bertz CT molecular complexity index is 87.8. The lowest BCUT2D eigenvalue weighted by atomic mass is 10.7. The Balaban J connectivity index is 0. The van der Waals surface area contributed by atoms with E-state index in [4.69, 9.17) is 9.90 Å². The van der Waals surface area contributed by atoms with Crippen LogP contribution in [-0.2, 0) is 4.79 Å². The average Bonchev–Trinajstić information content (AvgIpc) is 1.31. The first-order valence-corrected chi connectivity index (χ1v) is 1.24. The Morgan fingerprint density at radius 1 is 1.38 bits per heavy atom. The van der Waals surface area contributed by atoms with Crippen molar-refractivity contribution >= 4 is 19.5 Å². The van der Waals surface area contributed by atoms with Gasteiger partial charge < -0.3 is 5.11 Å². The summed E-state index contributed by atoms with van der Waals surface area (Å²) in [7, 11) is 0. The van der Waals surface area contributed by atoms with Crippen LogP contribution in [0, 0.1) is 0 Å². The molecule has 2 radical (unpaired) electrons. The zero-order valence-corrected chi connectivity index (χ0v) is 4.21. The van der Waals surface area contributed by atoms with Gasteiger partial charge in [0.15, 0.2) is 0 Å². The summed E-state index contributed by atoms with van der Waals surface area (Å²) in [6, 6.07) is 0. The van der Waals surface area contributed by atoms with Crippen molar-refractivity contribution in [3.05, 3.63) is 0 Å². The van der Waals surface area contributed by atoms with Crippen LogP contribution in [0.1, 0.15) is 0 Å². The summed E-state index contributed by atoms with van der Waals surface area (Å²) in [5.41, 5.74) is 0. The molecule has 2 nitrogen and oxygen atoms in total. The molecule has 0 aromatic carbocycles. The highest BCUT2D eigenvalue weighted by Crippen LogP contribution is 2.13. The predicted octanol–water partition coefficient (Wildman–Crippen LogP) is 1.28. The standard InChI is InChI=1S/C2HF3O2.S/c3-2(4,5)1(6)7;/h(H,6,7);. The van der Waals surface area contributed by atoms with Crippen molar-refractivity contribution < 1.29 is 23.1 Å². The molecule has 0 fully saturated rings. The van der Waals surface area contributed by atoms with Crippen LogP contribution in [0.3, 0.4) is 0 Å². The van der Waals surface area contributed by atoms with Gasteiger partial charge in [0.05, 0.1) is 0 Å². The molecule has 0 bridgehead atoms. The SMILES string of the molecule is O=C(O)C(F)(F)F.[S]. The fraction of sp³-hybridized carbons (Fsp3) is 0.500. The molecule has 1 N–H and O–H groups in total. The maximum absolute atomic E-state index is 10.6. The van der Waals surface area contributed by atoms with Gasteiger partial charge in [-0.25, -0.2) is 4.79 Å². The molecule has 0 aliphatic heterocycles. The highest BCUT2D eigenvalue weighted by Gasteiger charge is 2.38. The molecular weight excluding hydrogens is 145 g/mol. The summed E-state index contributed by atoms with van der Waals surface area (Å²) in [5.74, 6) is -2.76. The third-order valence-electron chi connectivity index (χ3n) is 0.243. The molecule has 0 aliphatic carbocycles. The van der Waals surface area contributed by atoms with Crippen LogP contribution in [0.5, 0.6) is 0 Å². The highest BCUT2D eigenvalue weighted by atomic mass is 32.1. The van der Waals surface area contributed by atoms with Crippen molar-refractivity contribution in [1.82, 2.24) is 0 Å². The first-order valence-electron chi connectivity index (χ1n) is 1.24. The quantitative estimate of drug-likeness (QED) is 0.558. The zero-order chi connectivity index (χ0) is 6.08. The van der Waals surface area contributed by atoms with Crippen molar-refractivity contribution in [2.24, 2.45) is 0 Å². The number of rotatable bonds is 0. The van der Waals surface area contributed by atoms with Gasteiger partial charge >= 0.3 is 12.1 Å². The van der Waals surface area contributed by atoms with E-state index in [0.717, 1.165) is 0 Å². The second-order valence-corrected chi connectivity index (χ2v) is 0.803. The molecule has 0 amide bonds. The Labute approximate surface area is 49.7 Å². The van der Waals surface area contributed by atoms with E-state index in [1.807, 2.05) is 0 Å². The van der Waals surface area contributed by atoms with E-state index in [2.05, 4.69) is 0 Å². The van der Waals surface area contributed by atoms with Crippen LogP contribution >= 0.6 is 13.5 Å². The van der Waals surface area contributed by atoms with Crippen LogP contribution in [0.15, 0.2) is 0 Å². The molecular formula is C2HF3O2S. The normalized spacial score (nSPS) is 9.88. The molecule has 0 saturated carbocycles. The Hall–Kier alpha value is -0.390. The summed E-state index contributed by atoms with van der Waals surface area (Å²) < 4.78 is 31.7. The molecule has 6 heteroatoms. The van der Waals surface area contributed by atoms with Crippen LogP contribution in [0.25, 0.3) is 0 Å². The van der Waals surface area contributed by atoms with Crippen LogP contribution in [0.2, 0.25) is 0 Å². The molecule has 0 unspecified atom stereocenters. The van der Waals surface area contributed by atoms with Crippen LogP contribution < -0.4 is 0 Å². The van der Waals surface area contributed by atoms with E-state index in [-0.39, 0.29) is 13.5 Å². The third-order valence-corrected chi connectivity index (χ3v) is 0.243. The number of hydrogen-bond acceptors (Lipinski definition) is 1. The maximum atomic E-state index is 10.6. The second kappa shape index (κ2) is 2.81. The number of carboxylic acids is 1. The summed E-state index contributed by atoms with van der Waals surface area (Å²) in [6.07, 6.45) is -5.08. The van der Waals surface area contributed by atoms with Gasteiger partial charge in [-0.3, -0.25) is 0 Å². The largest absolute Gasteiger partial charge is 0.490 e. The van der Waals surface area contributed by atoms with E-state index in [9.17, 15) is 13.2 Å². The first kappa shape index (κ1) is 10.6. The average molecular weight is 146 g/mol. The van der Waals surface area contributed by atoms with E-state index < -0.39 is 12.1 Å². The number of hydrogen-bond donors (Lipinski definition) is 1. The lowest BCUT2D eigenvalue weighted by Gasteiger charge is -1.93. The summed E-state index contributed by atoms with van der Waals surface area (Å²) >= 11 is 0. The predicted molar refractivity (Wildman–Crippen MR) is 21.3 cm³/mol. The molecule has 0 saturated heterocycles. The number of aliphatic carboxylic acids is 1. The third kappa shape index (κ3) is 3.79. The van der Waals surface area contributed by atoms with Gasteiger partial charge in [0, 0.05) is 13.5 Å². The zero-order valence-electron chi connectivity index (χ0n) is 3.40. The van der Waals surface area contributed by atoms with Gasteiger partial charge in [0.1, 0.15) is 0 Å². The van der Waals surface area contributed by atoms with Crippen LogP contribution in [-0.4, -0.2) is 17.3 Å². The van der Waals surface area contributed by atoms with Gasteiger partial charge in [0.25, 0.3) is 0 Å². The molecule has 0 spiro atoms. The van der Waals surface area contributed by atoms with E-state index >= 15 is 0 Å². The number of carboxylic acid groups (broad SMARTS) is 1. The molecule has 0 rings (SSSR count). The van der Waals surface area contributed by atoms with Gasteiger partial charge in [0.2, 0.25) is 0 Å². The minimum atomic E-state index is -5.08. The number of halogens is 3. The number of carbonyl (C=O) groups is 1. The summed E-state index contributed by atoms with van der Waals surface area (Å²) in [6.45, 7) is 0. The van der Waals surface area contributed by atoms with Crippen molar-refractivity contribution in [3.8, 4) is 0 Å². The van der Waals surface area contributed by atoms with Gasteiger partial charge in [-0.2, -0.15) is 13.2 Å². The van der Waals surface area contributed by atoms with Crippen molar-refractivity contribution in [2.75, 3.05) is 0 Å². The molecule has 8 heavy (non-hydrogen) atoms. The van der Waals surface area contributed by atoms with E-state index in [1.165, 1.54) is 0 Å². The minimum absolute atomic E-state index is 0. The molecule has 0 aliphatic rings. The minimum Gasteiger partial charge on any atom is -0.475 e. The smallest absolute Gasteiger partial charge is 0.475 e. The lowest BCUT2D eigenvalue weighted by Crippen LogP contribution is -2.21. The molecule has 0 atom stereocenters. The van der Waals surface area contributed by atoms with Crippen molar-refractivity contribution in [1.29, 1.82) is 0 Å². The van der Waals surface area contributed by atoms with Gasteiger partial charge in [-0.05, 0) is 0 Å². The summed E-state index contributed by atoms with van der Waals surface area (Å²) in [4.78, 5) is 8.90. The number of alkyl halides is 3. The van der Waals surface area contributed by atoms with E-state index in [0.29, 0.717) is 0 Å². The first-order chi connectivity index (χ1) is 2.94. The Kier molecular flexibility index (Phi) is 3.71. The monoisotopic (exact) mass is 146 g/mol. The fourth-order valence-electron chi connectivity index (χ4n) is 0. The topological polar surface area (TPSA) is 37.3 Å². The van der Waals surface area contributed by atoms with Gasteiger partial charge in [-0.15, -0.1) is 0 Å². The fourth-order valence-corrected chi connectivity index (χ4v) is 0. The van der Waals surface area contributed by atoms with Crippen molar-refractivity contribution in [3.63, 3.8) is 0 Å². The molecule has 0 aromatic heterocycles. The molecule has 0 aromatic rings. The highest BCUT2D eigenvalue weighted by molar-refractivity contribution is 7.59. The molecule has 48 valence electrons. The molecule has 0 heterocycles. The van der Waals surface area contributed by atoms with Crippen LogP contribution in [0.4, 0.5) is 13.2 Å². The second-order valence-electron chi connectivity index (χ2n) is 0.803. The Morgan fingerprint density at radius 3 is 1.50 bits per heavy atom. The maximum Gasteiger partial charge on any atom is 0.490 e. The summed E-state index contributed by atoms with van der Waals surface area (Å²) in [5, 5.41) is 7.12. The Morgan fingerprint density at radius 2 is 1.50 bits per heavy atom. The van der Waals surface area contributed by atoms with Crippen molar-refractivity contribution in [2.45, 2.75) is 6.18 Å². The van der Waals surface area contributed by atoms with Gasteiger partial charge in [-0.1, -0.05) is 0 Å². The lowest BCUT2D eigenvalue weighted by molar-refractivity contribution is -0.192. The van der Waals surface area contributed by atoms with E-state index in [1.54, 1.807) is 0 Å².